The molecule has 0 aliphatic carbocycles. The average Bonchev–Trinajstić information content (AvgIpc) is 2.63. The molecule has 1 aliphatic rings. The summed E-state index contributed by atoms with van der Waals surface area (Å²) >= 11 is 0. The Labute approximate surface area is 119 Å². The highest BCUT2D eigenvalue weighted by molar-refractivity contribution is 5.94. The van der Waals surface area contributed by atoms with Gasteiger partial charge in [0.15, 0.2) is 0 Å². The zero-order valence-corrected chi connectivity index (χ0v) is 11.2. The van der Waals surface area contributed by atoms with Crippen molar-refractivity contribution in [2.24, 2.45) is 0 Å². The van der Waals surface area contributed by atoms with E-state index >= 15 is 0 Å². The molecule has 2 rings (SSSR count). The van der Waals surface area contributed by atoms with Crippen molar-refractivity contribution in [3.05, 3.63) is 35.4 Å². The Bertz CT molecular complexity index is 526. The van der Waals surface area contributed by atoms with Crippen LogP contribution in [0.2, 0.25) is 0 Å². The summed E-state index contributed by atoms with van der Waals surface area (Å²) in [6.45, 7) is 0.483. The predicted molar refractivity (Wildman–Crippen MR) is 69.6 cm³/mol. The number of rotatable bonds is 2. The normalized spacial score (nSPS) is 19.6. The Balaban J connectivity index is 1.98. The van der Waals surface area contributed by atoms with E-state index in [1.807, 2.05) is 0 Å². The molecule has 0 radical (unpaired) electrons. The van der Waals surface area contributed by atoms with E-state index in [1.165, 1.54) is 0 Å². The first kappa shape index (κ1) is 15.3. The Morgan fingerprint density at radius 3 is 2.48 bits per heavy atom. The monoisotopic (exact) mass is 300 g/mol. The molecule has 1 unspecified atom stereocenters. The molecule has 0 bridgehead atoms. The van der Waals surface area contributed by atoms with E-state index in [0.29, 0.717) is 25.8 Å². The van der Waals surface area contributed by atoms with Crippen molar-refractivity contribution in [1.29, 1.82) is 0 Å². The first-order chi connectivity index (χ1) is 9.86. The van der Waals surface area contributed by atoms with Crippen molar-refractivity contribution < 1.29 is 22.8 Å². The molecule has 1 atom stereocenters. The van der Waals surface area contributed by atoms with Crippen LogP contribution < -0.4 is 10.6 Å². The third kappa shape index (κ3) is 4.21. The molecular weight excluding hydrogens is 285 g/mol. The highest BCUT2D eigenvalue weighted by Gasteiger charge is 2.30. The fourth-order valence-corrected chi connectivity index (χ4v) is 2.15. The largest absolute Gasteiger partial charge is 0.416 e. The molecule has 1 fully saturated rings. The molecule has 1 saturated heterocycles. The lowest BCUT2D eigenvalue weighted by atomic mass is 10.1. The molecule has 4 nitrogen and oxygen atoms in total. The van der Waals surface area contributed by atoms with E-state index in [4.69, 9.17) is 0 Å². The summed E-state index contributed by atoms with van der Waals surface area (Å²) in [5.41, 5.74) is -0.616. The van der Waals surface area contributed by atoms with Crippen LogP contribution in [0, 0.1) is 0 Å². The standard InChI is InChI=1S/C14H15F3N2O2/c15-14(16,17)10-3-1-9(2-4-10)13(21)19-11-5-6-12(20)18-8-7-11/h1-4,11H,5-8H2,(H,18,20)(H,19,21). The number of nitrogens with one attached hydrogen (secondary N) is 2. The van der Waals surface area contributed by atoms with E-state index in [-0.39, 0.29) is 17.5 Å². The lowest BCUT2D eigenvalue weighted by molar-refractivity contribution is -0.137. The van der Waals surface area contributed by atoms with Gasteiger partial charge < -0.3 is 10.6 Å². The van der Waals surface area contributed by atoms with Crippen LogP contribution in [-0.2, 0) is 11.0 Å². The van der Waals surface area contributed by atoms with E-state index in [9.17, 15) is 22.8 Å². The molecule has 2 N–H and O–H groups in total. The van der Waals surface area contributed by atoms with Crippen LogP contribution in [0.3, 0.4) is 0 Å². The first-order valence-electron chi connectivity index (χ1n) is 6.61. The number of alkyl halides is 3. The molecule has 1 heterocycles. The summed E-state index contributed by atoms with van der Waals surface area (Å²) in [7, 11) is 0. The highest BCUT2D eigenvalue weighted by atomic mass is 19.4. The maximum Gasteiger partial charge on any atom is 0.416 e. The summed E-state index contributed by atoms with van der Waals surface area (Å²) in [6.07, 6.45) is -2.95. The second-order valence-electron chi connectivity index (χ2n) is 4.92. The molecule has 1 aliphatic heterocycles. The minimum Gasteiger partial charge on any atom is -0.356 e. The van der Waals surface area contributed by atoms with E-state index in [2.05, 4.69) is 10.6 Å². The number of carbonyl (C=O) groups is 2. The van der Waals surface area contributed by atoms with Gasteiger partial charge in [0.2, 0.25) is 5.91 Å². The number of hydrogen-bond acceptors (Lipinski definition) is 2. The Morgan fingerprint density at radius 2 is 1.86 bits per heavy atom. The predicted octanol–water partition coefficient (Wildman–Crippen LogP) is 2.10. The van der Waals surface area contributed by atoms with Crippen LogP contribution in [0.4, 0.5) is 13.2 Å². The van der Waals surface area contributed by atoms with Gasteiger partial charge in [-0.2, -0.15) is 13.2 Å². The lowest BCUT2D eigenvalue weighted by Crippen LogP contribution is -2.35. The molecule has 7 heteroatoms. The minimum absolute atomic E-state index is 0.0544. The molecular formula is C14H15F3N2O2. The van der Waals surface area contributed by atoms with Crippen molar-refractivity contribution in [3.8, 4) is 0 Å². The number of hydrogen-bond donors (Lipinski definition) is 2. The number of carbonyl (C=O) groups excluding carboxylic acids is 2. The fourth-order valence-electron chi connectivity index (χ4n) is 2.15. The number of benzene rings is 1. The summed E-state index contributed by atoms with van der Waals surface area (Å²) in [6, 6.07) is 3.91. The van der Waals surface area contributed by atoms with Crippen molar-refractivity contribution in [2.45, 2.75) is 31.5 Å². The molecule has 21 heavy (non-hydrogen) atoms. The van der Waals surface area contributed by atoms with Gasteiger partial charge in [-0.3, -0.25) is 9.59 Å². The molecule has 1 aromatic carbocycles. The summed E-state index contributed by atoms with van der Waals surface area (Å²) in [4.78, 5) is 23.2. The second kappa shape index (κ2) is 6.15. The van der Waals surface area contributed by atoms with Gasteiger partial charge in [-0.15, -0.1) is 0 Å². The third-order valence-electron chi connectivity index (χ3n) is 3.34. The summed E-state index contributed by atoms with van der Waals surface area (Å²) in [5, 5.41) is 5.44. The van der Waals surface area contributed by atoms with Crippen molar-refractivity contribution in [1.82, 2.24) is 10.6 Å². The van der Waals surface area contributed by atoms with Crippen molar-refractivity contribution in [3.63, 3.8) is 0 Å². The van der Waals surface area contributed by atoms with Gasteiger partial charge in [-0.25, -0.2) is 0 Å². The van der Waals surface area contributed by atoms with Crippen LogP contribution >= 0.6 is 0 Å². The Morgan fingerprint density at radius 1 is 1.19 bits per heavy atom. The maximum absolute atomic E-state index is 12.4. The van der Waals surface area contributed by atoms with E-state index in [1.54, 1.807) is 0 Å². The zero-order valence-electron chi connectivity index (χ0n) is 11.2. The van der Waals surface area contributed by atoms with Gasteiger partial charge >= 0.3 is 6.18 Å². The van der Waals surface area contributed by atoms with Crippen LogP contribution in [0.5, 0.6) is 0 Å². The van der Waals surface area contributed by atoms with Gasteiger partial charge in [-0.1, -0.05) is 0 Å². The van der Waals surface area contributed by atoms with Crippen molar-refractivity contribution in [2.75, 3.05) is 6.54 Å². The van der Waals surface area contributed by atoms with E-state index in [0.717, 1.165) is 24.3 Å². The van der Waals surface area contributed by atoms with Crippen LogP contribution in [0.1, 0.15) is 35.2 Å². The Hall–Kier alpha value is -2.05. The molecule has 2 amide bonds. The van der Waals surface area contributed by atoms with Crippen LogP contribution in [-0.4, -0.2) is 24.4 Å². The molecule has 0 saturated carbocycles. The van der Waals surface area contributed by atoms with Gasteiger partial charge in [0.05, 0.1) is 5.56 Å². The van der Waals surface area contributed by atoms with E-state index < -0.39 is 17.6 Å². The minimum atomic E-state index is -4.41. The quantitative estimate of drug-likeness (QED) is 0.879. The molecule has 0 aromatic heterocycles. The average molecular weight is 300 g/mol. The smallest absolute Gasteiger partial charge is 0.356 e. The molecule has 1 aromatic rings. The van der Waals surface area contributed by atoms with Crippen LogP contribution in [0.15, 0.2) is 24.3 Å². The van der Waals surface area contributed by atoms with Gasteiger partial charge in [-0.05, 0) is 37.1 Å². The topological polar surface area (TPSA) is 58.2 Å². The van der Waals surface area contributed by atoms with Gasteiger partial charge in [0, 0.05) is 24.6 Å². The van der Waals surface area contributed by atoms with Gasteiger partial charge in [0.1, 0.15) is 0 Å². The van der Waals surface area contributed by atoms with Gasteiger partial charge in [0.25, 0.3) is 5.91 Å². The first-order valence-corrected chi connectivity index (χ1v) is 6.61. The lowest BCUT2D eigenvalue weighted by Gasteiger charge is -2.15. The highest BCUT2D eigenvalue weighted by Crippen LogP contribution is 2.29. The SMILES string of the molecule is O=C1CCC(NC(=O)c2ccc(C(F)(F)F)cc2)CCN1. The Kier molecular flexibility index (Phi) is 4.50. The number of halogens is 3. The molecule has 0 spiro atoms. The van der Waals surface area contributed by atoms with Crippen LogP contribution in [0.25, 0.3) is 0 Å². The fraction of sp³-hybridized carbons (Fsp3) is 0.429. The zero-order chi connectivity index (χ0) is 15.5. The molecule has 114 valence electrons. The third-order valence-corrected chi connectivity index (χ3v) is 3.34. The summed E-state index contributed by atoms with van der Waals surface area (Å²) < 4.78 is 37.3. The summed E-state index contributed by atoms with van der Waals surface area (Å²) in [5.74, 6) is -0.482. The second-order valence-corrected chi connectivity index (χ2v) is 4.92. The maximum atomic E-state index is 12.4. The van der Waals surface area contributed by atoms with Crippen molar-refractivity contribution >= 4 is 11.8 Å². The number of amides is 2.